The zero-order valence-electron chi connectivity index (χ0n) is 12.6. The summed E-state index contributed by atoms with van der Waals surface area (Å²) in [5, 5.41) is 3.89. The number of nitrogens with one attached hydrogen (secondary N) is 1. The predicted octanol–water partition coefficient (Wildman–Crippen LogP) is 4.17. The predicted molar refractivity (Wildman–Crippen MR) is 94.5 cm³/mol. The number of carbonyl (C=O) groups excluding carboxylic acids is 1. The van der Waals surface area contributed by atoms with Gasteiger partial charge in [-0.15, -0.1) is 0 Å². The van der Waals surface area contributed by atoms with E-state index < -0.39 is 0 Å². The Hall–Kier alpha value is -1.78. The molecule has 3 rings (SSSR count). The van der Waals surface area contributed by atoms with Crippen molar-refractivity contribution in [1.29, 1.82) is 0 Å². The van der Waals surface area contributed by atoms with E-state index in [1.807, 2.05) is 12.1 Å². The number of anilines is 2. The molecule has 2 aromatic rings. The second kappa shape index (κ2) is 7.20. The normalized spacial score (nSPS) is 14.1. The molecular weight excluding hydrogens is 333 g/mol. The van der Waals surface area contributed by atoms with Crippen LogP contribution in [0.3, 0.4) is 0 Å². The number of benzene rings is 1. The first kappa shape index (κ1) is 16.1. The van der Waals surface area contributed by atoms with E-state index in [-0.39, 0.29) is 12.3 Å². The number of carbonyl (C=O) groups is 1. The van der Waals surface area contributed by atoms with Crippen LogP contribution in [0.25, 0.3) is 0 Å². The molecule has 1 amide bonds. The van der Waals surface area contributed by atoms with Gasteiger partial charge < -0.3 is 10.2 Å². The molecule has 0 bridgehead atoms. The van der Waals surface area contributed by atoms with Gasteiger partial charge in [0.15, 0.2) is 0 Å². The van der Waals surface area contributed by atoms with Gasteiger partial charge in [0.1, 0.15) is 5.82 Å². The molecule has 1 N–H and O–H groups in total. The highest BCUT2D eigenvalue weighted by molar-refractivity contribution is 6.35. The first-order chi connectivity index (χ1) is 11.1. The summed E-state index contributed by atoms with van der Waals surface area (Å²) in [5.41, 5.74) is 1.43. The van der Waals surface area contributed by atoms with Crippen LogP contribution in [0.4, 0.5) is 11.5 Å². The molecule has 0 spiro atoms. The van der Waals surface area contributed by atoms with Gasteiger partial charge in [-0.25, -0.2) is 4.98 Å². The van der Waals surface area contributed by atoms with E-state index in [0.29, 0.717) is 15.7 Å². The number of pyridine rings is 1. The molecule has 0 radical (unpaired) electrons. The van der Waals surface area contributed by atoms with Crippen LogP contribution in [-0.2, 0) is 11.2 Å². The topological polar surface area (TPSA) is 45.2 Å². The summed E-state index contributed by atoms with van der Waals surface area (Å²) in [6.45, 7) is 2.10. The summed E-state index contributed by atoms with van der Waals surface area (Å²) in [6, 6.07) is 8.94. The van der Waals surface area contributed by atoms with Crippen molar-refractivity contribution in [2.24, 2.45) is 0 Å². The first-order valence-corrected chi connectivity index (χ1v) is 8.32. The van der Waals surface area contributed by atoms with Gasteiger partial charge >= 0.3 is 0 Å². The van der Waals surface area contributed by atoms with Crippen LogP contribution >= 0.6 is 23.2 Å². The molecule has 1 aliphatic heterocycles. The molecule has 0 saturated carbocycles. The summed E-state index contributed by atoms with van der Waals surface area (Å²) < 4.78 is 0. The third-order valence-electron chi connectivity index (χ3n) is 3.83. The fraction of sp³-hybridized carbons (Fsp3) is 0.294. The van der Waals surface area contributed by atoms with Crippen LogP contribution in [0.1, 0.15) is 18.4 Å². The molecule has 4 nitrogen and oxygen atoms in total. The fourth-order valence-corrected chi connectivity index (χ4v) is 3.11. The maximum Gasteiger partial charge on any atom is 0.228 e. The maximum atomic E-state index is 12.1. The van der Waals surface area contributed by atoms with E-state index >= 15 is 0 Å². The summed E-state index contributed by atoms with van der Waals surface area (Å²) in [6.07, 6.45) is 4.31. The lowest BCUT2D eigenvalue weighted by Gasteiger charge is -2.16. The third kappa shape index (κ3) is 4.15. The minimum Gasteiger partial charge on any atom is -0.357 e. The number of halogens is 2. The molecule has 1 saturated heterocycles. The Balaban J connectivity index is 1.61. The van der Waals surface area contributed by atoms with Crippen LogP contribution in [0.5, 0.6) is 0 Å². The lowest BCUT2D eigenvalue weighted by molar-refractivity contribution is -0.115. The van der Waals surface area contributed by atoms with Gasteiger partial charge in [0, 0.05) is 23.1 Å². The minimum atomic E-state index is -0.134. The summed E-state index contributed by atoms with van der Waals surface area (Å²) >= 11 is 11.9. The van der Waals surface area contributed by atoms with Crippen molar-refractivity contribution in [2.75, 3.05) is 23.3 Å². The largest absolute Gasteiger partial charge is 0.357 e. The Bertz CT molecular complexity index is 697. The monoisotopic (exact) mass is 349 g/mol. The Kier molecular flexibility index (Phi) is 5.03. The summed E-state index contributed by atoms with van der Waals surface area (Å²) in [5.74, 6) is 0.825. The second-order valence-electron chi connectivity index (χ2n) is 5.56. The van der Waals surface area contributed by atoms with Crippen molar-refractivity contribution < 1.29 is 4.79 Å². The fourth-order valence-electron chi connectivity index (χ4n) is 2.64. The number of hydrogen-bond donors (Lipinski definition) is 1. The van der Waals surface area contributed by atoms with Crippen molar-refractivity contribution in [2.45, 2.75) is 19.3 Å². The van der Waals surface area contributed by atoms with Crippen molar-refractivity contribution in [3.05, 3.63) is 52.1 Å². The Morgan fingerprint density at radius 3 is 2.61 bits per heavy atom. The van der Waals surface area contributed by atoms with Crippen molar-refractivity contribution in [3.63, 3.8) is 0 Å². The van der Waals surface area contributed by atoms with Gasteiger partial charge in [0.2, 0.25) is 5.91 Å². The van der Waals surface area contributed by atoms with E-state index in [9.17, 15) is 4.79 Å². The number of aromatic nitrogens is 1. The lowest BCUT2D eigenvalue weighted by Crippen LogP contribution is -2.19. The third-order valence-corrected chi connectivity index (χ3v) is 4.41. The molecule has 1 aliphatic rings. The number of amides is 1. The minimum absolute atomic E-state index is 0.134. The zero-order valence-corrected chi connectivity index (χ0v) is 14.1. The molecule has 0 atom stereocenters. The molecule has 120 valence electrons. The summed E-state index contributed by atoms with van der Waals surface area (Å²) in [4.78, 5) is 18.8. The number of rotatable bonds is 4. The van der Waals surface area contributed by atoms with Crippen molar-refractivity contribution >= 4 is 40.6 Å². The Morgan fingerprint density at radius 2 is 1.96 bits per heavy atom. The molecule has 1 fully saturated rings. The van der Waals surface area contributed by atoms with E-state index in [1.54, 1.807) is 24.4 Å². The van der Waals surface area contributed by atoms with E-state index in [1.165, 1.54) is 12.8 Å². The van der Waals surface area contributed by atoms with Gasteiger partial charge in [-0.2, -0.15) is 0 Å². The number of hydrogen-bond acceptors (Lipinski definition) is 3. The van der Waals surface area contributed by atoms with Crippen LogP contribution in [0, 0.1) is 0 Å². The molecule has 1 aromatic carbocycles. The first-order valence-electron chi connectivity index (χ1n) is 7.56. The van der Waals surface area contributed by atoms with Crippen LogP contribution in [0.2, 0.25) is 10.0 Å². The van der Waals surface area contributed by atoms with E-state index in [0.717, 1.165) is 24.5 Å². The quantitative estimate of drug-likeness (QED) is 0.900. The smallest absolute Gasteiger partial charge is 0.228 e. The molecular formula is C17H17Cl2N3O. The van der Waals surface area contributed by atoms with Crippen molar-refractivity contribution in [3.8, 4) is 0 Å². The van der Waals surface area contributed by atoms with Crippen LogP contribution in [0.15, 0.2) is 36.5 Å². The standard InChI is InChI=1S/C17H17Cl2N3O/c18-13-4-3-12(15(19)10-13)9-17(23)21-14-5-6-16(20-11-14)22-7-1-2-8-22/h3-6,10-11H,1-2,7-9H2,(H,21,23). The zero-order chi connectivity index (χ0) is 16.2. The Morgan fingerprint density at radius 1 is 1.17 bits per heavy atom. The lowest BCUT2D eigenvalue weighted by atomic mass is 10.1. The molecule has 2 heterocycles. The average molecular weight is 350 g/mol. The molecule has 0 unspecified atom stereocenters. The highest BCUT2D eigenvalue weighted by Gasteiger charge is 2.13. The second-order valence-corrected chi connectivity index (χ2v) is 6.40. The maximum absolute atomic E-state index is 12.1. The van der Waals surface area contributed by atoms with E-state index in [4.69, 9.17) is 23.2 Å². The van der Waals surface area contributed by atoms with Crippen LogP contribution in [-0.4, -0.2) is 24.0 Å². The van der Waals surface area contributed by atoms with E-state index in [2.05, 4.69) is 15.2 Å². The van der Waals surface area contributed by atoms with Gasteiger partial charge in [-0.1, -0.05) is 29.3 Å². The highest BCUT2D eigenvalue weighted by Crippen LogP contribution is 2.22. The Labute approximate surface area is 145 Å². The SMILES string of the molecule is O=C(Cc1ccc(Cl)cc1Cl)Nc1ccc(N2CCCC2)nc1. The van der Waals surface area contributed by atoms with Crippen molar-refractivity contribution in [1.82, 2.24) is 4.98 Å². The van der Waals surface area contributed by atoms with Gasteiger partial charge in [-0.3, -0.25) is 4.79 Å². The molecule has 6 heteroatoms. The van der Waals surface area contributed by atoms with Gasteiger partial charge in [0.05, 0.1) is 18.3 Å². The highest BCUT2D eigenvalue weighted by atomic mass is 35.5. The van der Waals surface area contributed by atoms with Crippen LogP contribution < -0.4 is 10.2 Å². The number of nitrogens with zero attached hydrogens (tertiary/aromatic N) is 2. The average Bonchev–Trinajstić information content (AvgIpc) is 3.05. The molecule has 1 aromatic heterocycles. The summed E-state index contributed by atoms with van der Waals surface area (Å²) in [7, 11) is 0. The molecule has 0 aliphatic carbocycles. The van der Waals surface area contributed by atoms with Gasteiger partial charge in [-0.05, 0) is 42.7 Å². The molecule has 23 heavy (non-hydrogen) atoms. The van der Waals surface area contributed by atoms with Gasteiger partial charge in [0.25, 0.3) is 0 Å².